The Balaban J connectivity index is 2.81. The molecule has 0 radical (unpaired) electrons. The van der Waals surface area contributed by atoms with E-state index in [1.54, 1.807) is 0 Å². The fraction of sp³-hybridized carbons (Fsp3) is 0.273. The summed E-state index contributed by atoms with van der Waals surface area (Å²) >= 11 is 2.80. The van der Waals surface area contributed by atoms with Crippen LogP contribution in [-0.4, -0.2) is 13.6 Å². The molecule has 1 aromatic rings. The van der Waals surface area contributed by atoms with Crippen LogP contribution in [-0.2, 0) is 0 Å². The van der Waals surface area contributed by atoms with Gasteiger partial charge in [0.05, 0.1) is 4.47 Å². The molecule has 0 fully saturated rings. The zero-order valence-corrected chi connectivity index (χ0v) is 9.79. The molecule has 4 heteroatoms. The lowest BCUT2D eigenvalue weighted by atomic mass is 10.2. The molecular weight excluding hydrogens is 264 g/mol. The summed E-state index contributed by atoms with van der Waals surface area (Å²) in [5, 5.41) is 2.93. The molecule has 0 atom stereocenters. The number of benzene rings is 1. The first-order valence-electron chi connectivity index (χ1n) is 4.43. The number of rotatable bonds is 2. The molecule has 0 aliphatic rings. The fourth-order valence-electron chi connectivity index (χ4n) is 0.980. The molecule has 0 heterocycles. The first-order valence-corrected chi connectivity index (χ1v) is 5.22. The van der Waals surface area contributed by atoms with Crippen LogP contribution in [0.1, 0.15) is 12.0 Å². The monoisotopic (exact) mass is 273 g/mol. The van der Waals surface area contributed by atoms with Crippen LogP contribution in [0.5, 0.6) is 0 Å². The van der Waals surface area contributed by atoms with Gasteiger partial charge in [-0.1, -0.05) is 11.8 Å². The van der Waals surface area contributed by atoms with Gasteiger partial charge in [-0.3, -0.25) is 0 Å². The Bertz CT molecular complexity index is 384. The third kappa shape index (κ3) is 3.61. The Kier molecular flexibility index (Phi) is 4.73. The van der Waals surface area contributed by atoms with Gasteiger partial charge in [-0.25, -0.2) is 8.78 Å². The maximum atomic E-state index is 13.0. The lowest BCUT2D eigenvalue weighted by molar-refractivity contribution is 0.571. The highest BCUT2D eigenvalue weighted by Crippen LogP contribution is 2.20. The number of hydrogen-bond acceptors (Lipinski definition) is 1. The molecule has 0 bridgehead atoms. The summed E-state index contributed by atoms with van der Waals surface area (Å²) in [4.78, 5) is 0. The van der Waals surface area contributed by atoms with Crippen molar-refractivity contribution in [1.82, 2.24) is 5.32 Å². The summed E-state index contributed by atoms with van der Waals surface area (Å²) in [5.74, 6) is 4.25. The normalized spacial score (nSPS) is 9.60. The first kappa shape index (κ1) is 12.2. The predicted molar refractivity (Wildman–Crippen MR) is 59.5 cm³/mol. The third-order valence-corrected chi connectivity index (χ3v) is 2.47. The van der Waals surface area contributed by atoms with Gasteiger partial charge < -0.3 is 5.32 Å². The van der Waals surface area contributed by atoms with E-state index < -0.39 is 11.6 Å². The molecule has 1 aromatic carbocycles. The van der Waals surface area contributed by atoms with Crippen LogP contribution >= 0.6 is 15.9 Å². The molecule has 0 unspecified atom stereocenters. The van der Waals surface area contributed by atoms with Crippen molar-refractivity contribution < 1.29 is 8.78 Å². The molecule has 15 heavy (non-hydrogen) atoms. The molecule has 0 aliphatic carbocycles. The number of nitrogens with one attached hydrogen (secondary N) is 1. The van der Waals surface area contributed by atoms with E-state index in [1.165, 1.54) is 12.1 Å². The maximum absolute atomic E-state index is 13.0. The van der Waals surface area contributed by atoms with Gasteiger partial charge in [0, 0.05) is 18.5 Å². The predicted octanol–water partition coefficient (Wildman–Crippen LogP) is 2.69. The highest BCUT2D eigenvalue weighted by atomic mass is 79.9. The average Bonchev–Trinajstić information content (AvgIpc) is 2.21. The number of hydrogen-bond donors (Lipinski definition) is 1. The van der Waals surface area contributed by atoms with Gasteiger partial charge >= 0.3 is 0 Å². The van der Waals surface area contributed by atoms with E-state index in [0.717, 1.165) is 6.54 Å². The molecular formula is C11H10BrF2N. The molecule has 1 nitrogen and oxygen atoms in total. The average molecular weight is 274 g/mol. The van der Waals surface area contributed by atoms with Gasteiger partial charge in [-0.15, -0.1) is 0 Å². The van der Waals surface area contributed by atoms with Crippen LogP contribution in [0.25, 0.3) is 0 Å². The van der Waals surface area contributed by atoms with E-state index in [-0.39, 0.29) is 4.47 Å². The SMILES string of the molecule is CNCCC#Cc1cc(F)c(Br)c(F)c1. The minimum Gasteiger partial charge on any atom is -0.319 e. The standard InChI is InChI=1S/C11H10BrF2N/c1-15-5-3-2-4-8-6-9(13)11(12)10(14)7-8/h6-7,15H,3,5H2,1H3. The Morgan fingerprint density at radius 2 is 1.93 bits per heavy atom. The zero-order valence-electron chi connectivity index (χ0n) is 8.20. The molecule has 0 spiro atoms. The van der Waals surface area contributed by atoms with Crippen LogP contribution in [0.15, 0.2) is 16.6 Å². The summed E-state index contributed by atoms with van der Waals surface area (Å²) < 4.78 is 25.9. The summed E-state index contributed by atoms with van der Waals surface area (Å²) in [6.07, 6.45) is 0.649. The Hall–Kier alpha value is -0.920. The Labute approximate surface area is 96.0 Å². The summed E-state index contributed by atoms with van der Waals surface area (Å²) in [6.45, 7) is 0.758. The van der Waals surface area contributed by atoms with Crippen molar-refractivity contribution >= 4 is 15.9 Å². The van der Waals surface area contributed by atoms with Crippen molar-refractivity contribution in [3.05, 3.63) is 33.8 Å². The van der Waals surface area contributed by atoms with E-state index in [4.69, 9.17) is 0 Å². The third-order valence-electron chi connectivity index (χ3n) is 1.72. The summed E-state index contributed by atoms with van der Waals surface area (Å²) in [7, 11) is 1.82. The van der Waals surface area contributed by atoms with Crippen molar-refractivity contribution in [3.63, 3.8) is 0 Å². The smallest absolute Gasteiger partial charge is 0.141 e. The van der Waals surface area contributed by atoms with E-state index in [9.17, 15) is 8.78 Å². The van der Waals surface area contributed by atoms with Crippen LogP contribution in [0.3, 0.4) is 0 Å². The summed E-state index contributed by atoms with van der Waals surface area (Å²) in [6, 6.07) is 2.42. The molecule has 1 N–H and O–H groups in total. The molecule has 80 valence electrons. The van der Waals surface area contributed by atoms with E-state index >= 15 is 0 Å². The fourth-order valence-corrected chi connectivity index (χ4v) is 1.21. The lowest BCUT2D eigenvalue weighted by Crippen LogP contribution is -2.05. The molecule has 0 saturated carbocycles. The van der Waals surface area contributed by atoms with Gasteiger partial charge in [0.2, 0.25) is 0 Å². The minimum absolute atomic E-state index is 0.150. The highest BCUT2D eigenvalue weighted by Gasteiger charge is 2.06. The second kappa shape index (κ2) is 5.84. The Morgan fingerprint density at radius 3 is 2.47 bits per heavy atom. The van der Waals surface area contributed by atoms with Crippen molar-refractivity contribution in [3.8, 4) is 11.8 Å². The second-order valence-electron chi connectivity index (χ2n) is 2.91. The maximum Gasteiger partial charge on any atom is 0.141 e. The van der Waals surface area contributed by atoms with Crippen LogP contribution in [0.4, 0.5) is 8.78 Å². The van der Waals surface area contributed by atoms with Gasteiger partial charge in [-0.05, 0) is 35.1 Å². The van der Waals surface area contributed by atoms with Gasteiger partial charge in [0.25, 0.3) is 0 Å². The van der Waals surface area contributed by atoms with Crippen molar-refractivity contribution in [1.29, 1.82) is 0 Å². The van der Waals surface area contributed by atoms with E-state index in [0.29, 0.717) is 12.0 Å². The van der Waals surface area contributed by atoms with Gasteiger partial charge in [-0.2, -0.15) is 0 Å². The van der Waals surface area contributed by atoms with Crippen molar-refractivity contribution in [2.45, 2.75) is 6.42 Å². The van der Waals surface area contributed by atoms with E-state index in [1.807, 2.05) is 7.05 Å². The topological polar surface area (TPSA) is 12.0 Å². The molecule has 1 rings (SSSR count). The second-order valence-corrected chi connectivity index (χ2v) is 3.70. The quantitative estimate of drug-likeness (QED) is 0.496. The largest absolute Gasteiger partial charge is 0.319 e. The lowest BCUT2D eigenvalue weighted by Gasteiger charge is -1.97. The van der Waals surface area contributed by atoms with E-state index in [2.05, 4.69) is 33.1 Å². The van der Waals surface area contributed by atoms with Gasteiger partial charge in [0.15, 0.2) is 0 Å². The molecule has 0 amide bonds. The van der Waals surface area contributed by atoms with Crippen LogP contribution < -0.4 is 5.32 Å². The molecule has 0 aromatic heterocycles. The Morgan fingerprint density at radius 1 is 1.33 bits per heavy atom. The molecule has 0 aliphatic heterocycles. The van der Waals surface area contributed by atoms with Gasteiger partial charge in [0.1, 0.15) is 11.6 Å². The zero-order chi connectivity index (χ0) is 11.3. The van der Waals surface area contributed by atoms with Crippen molar-refractivity contribution in [2.24, 2.45) is 0 Å². The first-order chi connectivity index (χ1) is 7.15. The summed E-state index contributed by atoms with van der Waals surface area (Å²) in [5.41, 5.74) is 0.351. The van der Waals surface area contributed by atoms with Crippen LogP contribution in [0, 0.1) is 23.5 Å². The van der Waals surface area contributed by atoms with Crippen molar-refractivity contribution in [2.75, 3.05) is 13.6 Å². The minimum atomic E-state index is -0.632. The highest BCUT2D eigenvalue weighted by molar-refractivity contribution is 9.10. The number of halogens is 3. The molecule has 0 saturated heterocycles. The van der Waals surface area contributed by atoms with Crippen LogP contribution in [0.2, 0.25) is 0 Å².